The minimum Gasteiger partial charge on any atom is -0.376 e. The minimum atomic E-state index is -0.418. The van der Waals surface area contributed by atoms with Crippen molar-refractivity contribution in [3.63, 3.8) is 0 Å². The first kappa shape index (κ1) is 20.9. The number of thioether (sulfide) groups is 1. The molecule has 0 radical (unpaired) electrons. The molecule has 0 saturated carbocycles. The summed E-state index contributed by atoms with van der Waals surface area (Å²) in [5, 5.41) is 2.34. The van der Waals surface area contributed by atoms with E-state index in [1.54, 1.807) is 6.08 Å². The van der Waals surface area contributed by atoms with Gasteiger partial charge in [-0.3, -0.25) is 19.3 Å². The summed E-state index contributed by atoms with van der Waals surface area (Å²) in [5.41, 5.74) is 3.25. The lowest BCUT2D eigenvalue weighted by Gasteiger charge is -2.20. The first-order valence-corrected chi connectivity index (χ1v) is 11.3. The van der Waals surface area contributed by atoms with E-state index in [-0.39, 0.29) is 18.6 Å². The van der Waals surface area contributed by atoms with Gasteiger partial charge < -0.3 is 15.0 Å². The molecule has 1 atom stereocenters. The second kappa shape index (κ2) is 9.22. The molecule has 3 heterocycles. The van der Waals surface area contributed by atoms with E-state index in [2.05, 4.69) is 23.2 Å². The highest BCUT2D eigenvalue weighted by atomic mass is 32.2. The van der Waals surface area contributed by atoms with Crippen molar-refractivity contribution < 1.29 is 19.1 Å². The Labute approximate surface area is 180 Å². The predicted octanol–water partition coefficient (Wildman–Crippen LogP) is 2.93. The quantitative estimate of drug-likeness (QED) is 0.701. The van der Waals surface area contributed by atoms with Crippen LogP contribution in [0, 0.1) is 6.92 Å². The Morgan fingerprint density at radius 2 is 2.07 bits per heavy atom. The number of carbonyl (C=O) groups is 3. The van der Waals surface area contributed by atoms with Gasteiger partial charge in [0.25, 0.3) is 11.1 Å². The number of hydrogen-bond acceptors (Lipinski definition) is 6. The number of nitrogens with one attached hydrogen (secondary N) is 1. The third-order valence-corrected chi connectivity index (χ3v) is 6.60. The third kappa shape index (κ3) is 4.70. The molecule has 160 valence electrons. The van der Waals surface area contributed by atoms with Crippen LogP contribution in [0.4, 0.5) is 10.5 Å². The fourth-order valence-corrected chi connectivity index (χ4v) is 4.94. The second-order valence-electron chi connectivity index (χ2n) is 7.95. The third-order valence-electron chi connectivity index (χ3n) is 5.69. The Balaban J connectivity index is 1.38. The van der Waals surface area contributed by atoms with E-state index in [9.17, 15) is 14.4 Å². The lowest BCUT2D eigenvalue weighted by atomic mass is 10.1. The number of imide groups is 1. The topological polar surface area (TPSA) is 79.0 Å². The van der Waals surface area contributed by atoms with Crippen LogP contribution in [-0.2, 0) is 14.3 Å². The van der Waals surface area contributed by atoms with Gasteiger partial charge in [0, 0.05) is 31.9 Å². The van der Waals surface area contributed by atoms with Crippen molar-refractivity contribution in [1.29, 1.82) is 0 Å². The highest BCUT2D eigenvalue weighted by Gasteiger charge is 2.36. The molecular weight excluding hydrogens is 402 g/mol. The van der Waals surface area contributed by atoms with E-state index in [0.717, 1.165) is 53.7 Å². The van der Waals surface area contributed by atoms with Gasteiger partial charge >= 0.3 is 0 Å². The van der Waals surface area contributed by atoms with Gasteiger partial charge in [0.2, 0.25) is 5.91 Å². The number of benzene rings is 1. The van der Waals surface area contributed by atoms with Gasteiger partial charge in [0.05, 0.1) is 11.0 Å². The molecule has 0 aromatic heterocycles. The molecule has 7 nitrogen and oxygen atoms in total. The molecule has 30 heavy (non-hydrogen) atoms. The molecule has 3 fully saturated rings. The van der Waals surface area contributed by atoms with Gasteiger partial charge in [-0.2, -0.15) is 0 Å². The summed E-state index contributed by atoms with van der Waals surface area (Å²) in [6.45, 7) is 5.08. The maximum atomic E-state index is 12.7. The van der Waals surface area contributed by atoms with Gasteiger partial charge in [-0.1, -0.05) is 6.07 Å². The average molecular weight is 430 g/mol. The van der Waals surface area contributed by atoms with E-state index in [0.29, 0.717) is 18.1 Å². The Morgan fingerprint density at radius 3 is 2.77 bits per heavy atom. The van der Waals surface area contributed by atoms with Gasteiger partial charge in [-0.15, -0.1) is 0 Å². The van der Waals surface area contributed by atoms with Crippen molar-refractivity contribution in [1.82, 2.24) is 10.2 Å². The highest BCUT2D eigenvalue weighted by molar-refractivity contribution is 8.18. The van der Waals surface area contributed by atoms with Crippen molar-refractivity contribution in [2.75, 3.05) is 37.7 Å². The van der Waals surface area contributed by atoms with Crippen LogP contribution in [0.2, 0.25) is 0 Å². The summed E-state index contributed by atoms with van der Waals surface area (Å²) in [4.78, 5) is 40.9. The maximum absolute atomic E-state index is 12.7. The first-order valence-electron chi connectivity index (χ1n) is 10.5. The van der Waals surface area contributed by atoms with Crippen molar-refractivity contribution in [3.05, 3.63) is 34.2 Å². The molecule has 4 rings (SSSR count). The SMILES string of the molecule is Cc1cc(/C=C2\SC(=O)N(CC(=O)NC[C@@H]3CCCO3)C2=O)ccc1N1CCCC1. The molecule has 8 heteroatoms. The standard InChI is InChI=1S/C22H27N3O4S/c1-15-11-16(6-7-18(15)24-8-2-3-9-24)12-19-21(27)25(22(28)30-19)14-20(26)23-13-17-5-4-10-29-17/h6-7,11-12,17H,2-5,8-10,13-14H2,1H3,(H,23,26)/b19-12-/t17-/m0/s1. The number of anilines is 1. The summed E-state index contributed by atoms with van der Waals surface area (Å²) in [5.74, 6) is -0.765. The second-order valence-corrected chi connectivity index (χ2v) is 8.94. The van der Waals surface area contributed by atoms with Crippen LogP contribution in [0.5, 0.6) is 0 Å². The van der Waals surface area contributed by atoms with Crippen molar-refractivity contribution >= 4 is 40.6 Å². The van der Waals surface area contributed by atoms with Crippen molar-refractivity contribution in [2.24, 2.45) is 0 Å². The fourth-order valence-electron chi connectivity index (χ4n) is 4.10. The van der Waals surface area contributed by atoms with E-state index < -0.39 is 11.1 Å². The largest absolute Gasteiger partial charge is 0.376 e. The Kier molecular flexibility index (Phi) is 6.43. The summed E-state index contributed by atoms with van der Waals surface area (Å²) in [6.07, 6.45) is 6.10. The zero-order valence-corrected chi connectivity index (χ0v) is 18.0. The summed E-state index contributed by atoms with van der Waals surface area (Å²) < 4.78 is 5.47. The van der Waals surface area contributed by atoms with E-state index >= 15 is 0 Å². The summed E-state index contributed by atoms with van der Waals surface area (Å²) in [7, 11) is 0. The minimum absolute atomic E-state index is 0.0236. The number of rotatable bonds is 6. The van der Waals surface area contributed by atoms with Crippen molar-refractivity contribution in [2.45, 2.75) is 38.7 Å². The Bertz CT molecular complexity index is 873. The smallest absolute Gasteiger partial charge is 0.294 e. The lowest BCUT2D eigenvalue weighted by Crippen LogP contribution is -2.41. The normalized spacial score (nSPS) is 23.1. The molecule has 1 aromatic carbocycles. The van der Waals surface area contributed by atoms with Crippen LogP contribution in [0.3, 0.4) is 0 Å². The fraction of sp³-hybridized carbons (Fsp3) is 0.500. The number of amides is 3. The average Bonchev–Trinajstić information content (AvgIpc) is 3.47. The molecule has 1 aromatic rings. The molecule has 0 spiro atoms. The lowest BCUT2D eigenvalue weighted by molar-refractivity contribution is -0.129. The van der Waals surface area contributed by atoms with E-state index in [1.165, 1.54) is 18.5 Å². The van der Waals surface area contributed by atoms with Crippen LogP contribution in [0.1, 0.15) is 36.8 Å². The molecular formula is C22H27N3O4S. The van der Waals surface area contributed by atoms with Crippen LogP contribution in [-0.4, -0.2) is 60.8 Å². The van der Waals surface area contributed by atoms with Crippen molar-refractivity contribution in [3.8, 4) is 0 Å². The molecule has 3 amide bonds. The molecule has 3 aliphatic rings. The Morgan fingerprint density at radius 1 is 1.27 bits per heavy atom. The van der Waals surface area contributed by atoms with E-state index in [4.69, 9.17) is 4.74 Å². The van der Waals surface area contributed by atoms with Gasteiger partial charge in [-0.25, -0.2) is 0 Å². The number of carbonyl (C=O) groups excluding carboxylic acids is 3. The van der Waals surface area contributed by atoms with Crippen LogP contribution in [0.15, 0.2) is 23.1 Å². The summed E-state index contributed by atoms with van der Waals surface area (Å²) in [6, 6.07) is 6.09. The first-order chi connectivity index (χ1) is 14.5. The number of hydrogen-bond donors (Lipinski definition) is 1. The van der Waals surface area contributed by atoms with Crippen LogP contribution >= 0.6 is 11.8 Å². The number of aryl methyl sites for hydroxylation is 1. The summed E-state index contributed by atoms with van der Waals surface area (Å²) >= 11 is 0.881. The molecule has 3 saturated heterocycles. The molecule has 0 aliphatic carbocycles. The van der Waals surface area contributed by atoms with E-state index in [1.807, 2.05) is 12.1 Å². The molecule has 1 N–H and O–H groups in total. The Hall–Kier alpha value is -2.32. The number of ether oxygens (including phenoxy) is 1. The van der Waals surface area contributed by atoms with Gasteiger partial charge in [-0.05, 0) is 73.7 Å². The zero-order valence-electron chi connectivity index (χ0n) is 17.2. The molecule has 0 bridgehead atoms. The van der Waals surface area contributed by atoms with Crippen LogP contribution < -0.4 is 10.2 Å². The number of nitrogens with zero attached hydrogens (tertiary/aromatic N) is 2. The van der Waals surface area contributed by atoms with Crippen LogP contribution in [0.25, 0.3) is 6.08 Å². The predicted molar refractivity (Wildman–Crippen MR) is 117 cm³/mol. The maximum Gasteiger partial charge on any atom is 0.294 e. The highest BCUT2D eigenvalue weighted by Crippen LogP contribution is 2.33. The molecule has 3 aliphatic heterocycles. The van der Waals surface area contributed by atoms with Gasteiger partial charge in [0.15, 0.2) is 0 Å². The monoisotopic (exact) mass is 429 g/mol. The zero-order chi connectivity index (χ0) is 21.1. The van der Waals surface area contributed by atoms with Gasteiger partial charge in [0.1, 0.15) is 6.54 Å². The molecule has 0 unspecified atom stereocenters.